The average Bonchev–Trinajstić information content (AvgIpc) is 2.99. The summed E-state index contributed by atoms with van der Waals surface area (Å²) in [5.41, 5.74) is 0.856. The van der Waals surface area contributed by atoms with Gasteiger partial charge in [-0.2, -0.15) is 0 Å². The van der Waals surface area contributed by atoms with Crippen molar-refractivity contribution in [1.82, 2.24) is 4.90 Å². The van der Waals surface area contributed by atoms with Gasteiger partial charge in [0.2, 0.25) is 11.8 Å². The van der Waals surface area contributed by atoms with Crippen molar-refractivity contribution < 1.29 is 27.5 Å². The Balaban J connectivity index is 1.39. The zero-order chi connectivity index (χ0) is 21.8. The largest absolute Gasteiger partial charge is 0.490 e. The first-order valence-corrected chi connectivity index (χ1v) is 11.5. The molecule has 2 aromatic rings. The van der Waals surface area contributed by atoms with Gasteiger partial charge in [0, 0.05) is 36.8 Å². The number of amides is 2. The van der Waals surface area contributed by atoms with Gasteiger partial charge in [0.25, 0.3) is 10.0 Å². The normalized spacial score (nSPS) is 16.0. The minimum atomic E-state index is -3.83. The van der Waals surface area contributed by atoms with Gasteiger partial charge in [0.05, 0.1) is 24.7 Å². The first kappa shape index (κ1) is 21.0. The second-order valence-corrected chi connectivity index (χ2v) is 8.99. The van der Waals surface area contributed by atoms with Crippen LogP contribution in [0.4, 0.5) is 11.4 Å². The molecule has 0 bridgehead atoms. The van der Waals surface area contributed by atoms with E-state index in [4.69, 9.17) is 9.47 Å². The highest BCUT2D eigenvalue weighted by atomic mass is 32.2. The van der Waals surface area contributed by atoms with Gasteiger partial charge >= 0.3 is 0 Å². The van der Waals surface area contributed by atoms with Crippen molar-refractivity contribution in [3.05, 3.63) is 42.5 Å². The number of sulfonamides is 1. The van der Waals surface area contributed by atoms with Crippen molar-refractivity contribution >= 4 is 33.2 Å². The number of benzene rings is 2. The van der Waals surface area contributed by atoms with Gasteiger partial charge in [-0.15, -0.1) is 0 Å². The Labute approximate surface area is 180 Å². The van der Waals surface area contributed by atoms with Crippen LogP contribution in [0.1, 0.15) is 19.3 Å². The molecule has 1 fully saturated rings. The van der Waals surface area contributed by atoms with E-state index in [1.165, 1.54) is 17.0 Å². The highest BCUT2D eigenvalue weighted by Gasteiger charge is 2.22. The van der Waals surface area contributed by atoms with Crippen LogP contribution < -0.4 is 19.5 Å². The predicted molar refractivity (Wildman–Crippen MR) is 114 cm³/mol. The lowest BCUT2D eigenvalue weighted by Gasteiger charge is -2.15. The lowest BCUT2D eigenvalue weighted by atomic mass is 10.3. The van der Waals surface area contributed by atoms with E-state index in [0.29, 0.717) is 49.1 Å². The molecule has 2 aliphatic rings. The maximum absolute atomic E-state index is 12.7. The molecule has 2 heterocycles. The number of ether oxygens (including phenoxy) is 2. The van der Waals surface area contributed by atoms with Gasteiger partial charge in [-0.1, -0.05) is 0 Å². The molecule has 10 heteroatoms. The summed E-state index contributed by atoms with van der Waals surface area (Å²) in [6.45, 7) is 1.59. The summed E-state index contributed by atoms with van der Waals surface area (Å²) in [5.74, 6) is 0.604. The van der Waals surface area contributed by atoms with Crippen molar-refractivity contribution in [2.24, 2.45) is 0 Å². The third-order valence-electron chi connectivity index (χ3n) is 4.96. The summed E-state index contributed by atoms with van der Waals surface area (Å²) in [6, 6.07) is 10.8. The smallest absolute Gasteiger partial charge is 0.262 e. The molecule has 0 radical (unpaired) electrons. The van der Waals surface area contributed by atoms with Gasteiger partial charge in [0.15, 0.2) is 11.5 Å². The molecular weight excluding hydrogens is 422 g/mol. The zero-order valence-corrected chi connectivity index (χ0v) is 17.6. The number of nitrogens with one attached hydrogen (secondary N) is 2. The summed E-state index contributed by atoms with van der Waals surface area (Å²) in [6.07, 6.45) is 1.97. The van der Waals surface area contributed by atoms with Crippen LogP contribution in [0.15, 0.2) is 47.4 Å². The van der Waals surface area contributed by atoms with Gasteiger partial charge in [-0.25, -0.2) is 8.42 Å². The molecule has 4 rings (SSSR count). The second kappa shape index (κ2) is 8.84. The minimum absolute atomic E-state index is 0.0112. The summed E-state index contributed by atoms with van der Waals surface area (Å²) in [5, 5.41) is 2.71. The lowest BCUT2D eigenvalue weighted by Crippen LogP contribution is -2.33. The maximum atomic E-state index is 12.7. The molecule has 31 heavy (non-hydrogen) atoms. The standard InChI is InChI=1S/C21H23N3O6S/c25-20(14-24-10-1-3-21(24)26)22-15-4-6-16(7-5-15)23-31(27,28)17-8-9-18-19(13-17)30-12-2-11-29-18/h4-9,13,23H,1-3,10-12,14H2,(H,22,25). The molecular formula is C21H23N3O6S. The summed E-state index contributed by atoms with van der Waals surface area (Å²) in [7, 11) is -3.83. The molecule has 2 aliphatic heterocycles. The molecule has 2 amide bonds. The number of nitrogens with zero attached hydrogens (tertiary/aromatic N) is 1. The number of likely N-dealkylation sites (tertiary alicyclic amines) is 1. The van der Waals surface area contributed by atoms with Crippen molar-refractivity contribution in [3.8, 4) is 11.5 Å². The molecule has 0 unspecified atom stereocenters. The fraction of sp³-hybridized carbons (Fsp3) is 0.333. The van der Waals surface area contributed by atoms with E-state index in [1.807, 2.05) is 0 Å². The van der Waals surface area contributed by atoms with Crippen LogP contribution in [0, 0.1) is 0 Å². The van der Waals surface area contributed by atoms with Crippen molar-refractivity contribution in [1.29, 1.82) is 0 Å². The molecule has 9 nitrogen and oxygen atoms in total. The zero-order valence-electron chi connectivity index (χ0n) is 16.8. The fourth-order valence-corrected chi connectivity index (χ4v) is 4.47. The number of anilines is 2. The quantitative estimate of drug-likeness (QED) is 0.705. The van der Waals surface area contributed by atoms with Crippen molar-refractivity contribution in [2.75, 3.05) is 36.3 Å². The van der Waals surface area contributed by atoms with Gasteiger partial charge in [-0.3, -0.25) is 14.3 Å². The molecule has 1 saturated heterocycles. The Morgan fingerprint density at radius 3 is 2.39 bits per heavy atom. The molecule has 0 atom stereocenters. The highest BCUT2D eigenvalue weighted by molar-refractivity contribution is 7.92. The van der Waals surface area contributed by atoms with Crippen LogP contribution in [-0.4, -0.2) is 51.4 Å². The number of fused-ring (bicyclic) bond motifs is 1. The summed E-state index contributed by atoms with van der Waals surface area (Å²) < 4.78 is 39.1. The summed E-state index contributed by atoms with van der Waals surface area (Å²) in [4.78, 5) is 25.3. The third kappa shape index (κ3) is 5.08. The SMILES string of the molecule is O=C(CN1CCCC1=O)Nc1ccc(NS(=O)(=O)c2ccc3c(c2)OCCCO3)cc1. The Morgan fingerprint density at radius 1 is 0.968 bits per heavy atom. The first-order valence-electron chi connectivity index (χ1n) is 10.0. The van der Waals surface area contributed by atoms with E-state index in [2.05, 4.69) is 10.0 Å². The second-order valence-electron chi connectivity index (χ2n) is 7.31. The van der Waals surface area contributed by atoms with E-state index in [0.717, 1.165) is 12.8 Å². The fourth-order valence-electron chi connectivity index (χ4n) is 3.39. The van der Waals surface area contributed by atoms with Crippen LogP contribution in [0.2, 0.25) is 0 Å². The monoisotopic (exact) mass is 445 g/mol. The van der Waals surface area contributed by atoms with Crippen LogP contribution in [0.25, 0.3) is 0 Å². The highest BCUT2D eigenvalue weighted by Crippen LogP contribution is 2.32. The third-order valence-corrected chi connectivity index (χ3v) is 6.33. The van der Waals surface area contributed by atoms with Gasteiger partial charge < -0.3 is 19.7 Å². The van der Waals surface area contributed by atoms with Crippen LogP contribution >= 0.6 is 0 Å². The topological polar surface area (TPSA) is 114 Å². The first-order chi connectivity index (χ1) is 14.9. The van der Waals surface area contributed by atoms with Crippen LogP contribution in [0.3, 0.4) is 0 Å². The molecule has 0 aliphatic carbocycles. The molecule has 2 aromatic carbocycles. The van der Waals surface area contributed by atoms with E-state index in [9.17, 15) is 18.0 Å². The average molecular weight is 445 g/mol. The predicted octanol–water partition coefficient (Wildman–Crippen LogP) is 2.21. The molecule has 2 N–H and O–H groups in total. The number of carbonyl (C=O) groups excluding carboxylic acids is 2. The number of hydrogen-bond acceptors (Lipinski definition) is 6. The number of carbonyl (C=O) groups is 2. The van der Waals surface area contributed by atoms with Crippen molar-refractivity contribution in [3.63, 3.8) is 0 Å². The van der Waals surface area contributed by atoms with E-state index < -0.39 is 10.0 Å². The molecule has 0 spiro atoms. The Morgan fingerprint density at radius 2 is 1.68 bits per heavy atom. The van der Waals surface area contributed by atoms with E-state index >= 15 is 0 Å². The molecule has 164 valence electrons. The Hall–Kier alpha value is -3.27. The molecule has 0 saturated carbocycles. The number of rotatable bonds is 6. The number of hydrogen-bond donors (Lipinski definition) is 2. The van der Waals surface area contributed by atoms with Crippen LogP contribution in [-0.2, 0) is 19.6 Å². The van der Waals surface area contributed by atoms with Gasteiger partial charge in [0.1, 0.15) is 0 Å². The summed E-state index contributed by atoms with van der Waals surface area (Å²) >= 11 is 0. The van der Waals surface area contributed by atoms with Crippen molar-refractivity contribution in [2.45, 2.75) is 24.2 Å². The lowest BCUT2D eigenvalue weighted by molar-refractivity contribution is -0.131. The maximum Gasteiger partial charge on any atom is 0.262 e. The minimum Gasteiger partial charge on any atom is -0.490 e. The van der Waals surface area contributed by atoms with E-state index in [-0.39, 0.29) is 23.3 Å². The van der Waals surface area contributed by atoms with E-state index in [1.54, 1.807) is 30.3 Å². The Bertz CT molecular complexity index is 1080. The van der Waals surface area contributed by atoms with Crippen LogP contribution in [0.5, 0.6) is 11.5 Å². The van der Waals surface area contributed by atoms with Gasteiger partial charge in [-0.05, 0) is 42.8 Å². The molecule has 0 aromatic heterocycles. The Kier molecular flexibility index (Phi) is 5.99.